The molecule has 0 aliphatic rings. The molecule has 0 saturated heterocycles. The smallest absolute Gasteiger partial charge is 0.159 e. The molecule has 0 unspecified atom stereocenters. The summed E-state index contributed by atoms with van der Waals surface area (Å²) >= 11 is 5.72. The van der Waals surface area contributed by atoms with Crippen LogP contribution in [0.5, 0.6) is 0 Å². The van der Waals surface area contributed by atoms with Crippen LogP contribution in [0.25, 0.3) is 306 Å². The van der Waals surface area contributed by atoms with E-state index in [4.69, 9.17) is 13.3 Å². The molecule has 9 aromatic heterocycles. The van der Waals surface area contributed by atoms with Crippen molar-refractivity contribution in [3.05, 3.63) is 419 Å². The normalized spacial score (nSPS) is 12.4. The Kier molecular flexibility index (Phi) is 15.2. The molecule has 0 saturated carbocycles. The van der Waals surface area contributed by atoms with Gasteiger partial charge in [-0.3, -0.25) is 0 Å². The molecule has 33 rings (SSSR count). The summed E-state index contributed by atoms with van der Waals surface area (Å²) in [6.07, 6.45) is 0. The minimum atomic E-state index is 0.907. The van der Waals surface area contributed by atoms with Gasteiger partial charge in [-0.15, -0.1) is 34.0 Å². The zero-order valence-corrected chi connectivity index (χ0v) is 74.6. The standard InChI is InChI=1S/3C42H23NOS/c1-3-15-27-24(12-1)25-13-2-4-16-28(25)37-36(27)38-30-17-5-8-20-32(30)43(40(38)42-39(37)31-18-7-10-23-35(31)45-42)33-21-11-19-29-26-14-6-9-22-34(26)44-41(29)33;1-3-14-26-24(12-1)25-13-2-4-15-27(25)38-37(26)39-28-16-5-8-19-31(28)43(41(39)42-40(38)30-18-7-10-23-35(30)45-42)32-20-11-22-34-36(32)29-17-6-9-21-33(29)44-34;1-3-14-29-25(11-1)26-12-2-4-15-30(26)38-37(29)39-31-16-5-8-18-33(31)43(41(39)42-40(38)32-17-7-10-20-36(32)45-42)24-21-22-28-27-13-6-9-19-34(27)44-35(28)23-24/h3*1-23H. The van der Waals surface area contributed by atoms with E-state index in [0.717, 1.165) is 82.9 Å². The Labute approximate surface area is 779 Å². The monoisotopic (exact) mass is 1770 g/mol. The highest BCUT2D eigenvalue weighted by molar-refractivity contribution is 7.28. The first-order valence-electron chi connectivity index (χ1n) is 46.1. The van der Waals surface area contributed by atoms with E-state index in [1.165, 1.54) is 223 Å². The molecular weight excluding hydrogens is 1700 g/mol. The maximum absolute atomic E-state index is 6.67. The van der Waals surface area contributed by atoms with E-state index in [1.807, 2.05) is 52.2 Å². The molecule has 624 valence electrons. The highest BCUT2D eigenvalue weighted by Crippen LogP contribution is 2.58. The second-order valence-corrected chi connectivity index (χ2v) is 39.1. The first kappa shape index (κ1) is 73.8. The van der Waals surface area contributed by atoms with Crippen molar-refractivity contribution in [2.45, 2.75) is 0 Å². The molecule has 9 heterocycles. The molecule has 9 heteroatoms. The average Bonchev–Trinajstić information content (AvgIpc) is 1.54. The van der Waals surface area contributed by atoms with Gasteiger partial charge in [0.1, 0.15) is 27.9 Å². The minimum absolute atomic E-state index is 0.907. The van der Waals surface area contributed by atoms with Gasteiger partial charge in [0.2, 0.25) is 0 Å². The van der Waals surface area contributed by atoms with Gasteiger partial charge in [0.25, 0.3) is 0 Å². The lowest BCUT2D eigenvalue weighted by atomic mass is 9.89. The van der Waals surface area contributed by atoms with Gasteiger partial charge in [0, 0.05) is 150 Å². The van der Waals surface area contributed by atoms with Gasteiger partial charge >= 0.3 is 0 Å². The maximum Gasteiger partial charge on any atom is 0.159 e. The number of aromatic nitrogens is 3. The minimum Gasteiger partial charge on any atom is -0.456 e. The van der Waals surface area contributed by atoms with Gasteiger partial charge in [-0.05, 0) is 150 Å². The first-order valence-corrected chi connectivity index (χ1v) is 48.5. The SMILES string of the molecule is c1ccc2c(c1)oc1c(-n3c4ccccc4c4c5c6ccccc6c6ccccc6c5c5c6ccccc6sc5c43)cccc12.c1ccc2c(c1)oc1cc(-n3c4ccccc4c4c5c6ccccc6c6ccccc6c5c5c6ccccc6sc5c43)ccc12.c1ccc2c(c1)oc1cccc(-n3c4ccccc4c4c5c6ccccc6c6ccccc6c5c5c6ccccc6sc5c43)c12. The second-order valence-electron chi connectivity index (χ2n) is 35.9. The Morgan fingerprint density at radius 1 is 0.156 bits per heavy atom. The number of thiophene rings is 3. The van der Waals surface area contributed by atoms with Crippen LogP contribution in [0.4, 0.5) is 0 Å². The van der Waals surface area contributed by atoms with Crippen LogP contribution >= 0.6 is 34.0 Å². The third-order valence-electron chi connectivity index (χ3n) is 29.2. The molecule has 6 nitrogen and oxygen atoms in total. The van der Waals surface area contributed by atoms with Gasteiger partial charge in [-0.1, -0.05) is 328 Å². The largest absolute Gasteiger partial charge is 0.456 e. The maximum atomic E-state index is 6.67. The van der Waals surface area contributed by atoms with Crippen molar-refractivity contribution < 1.29 is 13.3 Å². The number of rotatable bonds is 3. The molecule has 24 aromatic carbocycles. The van der Waals surface area contributed by atoms with Gasteiger partial charge in [0.05, 0.1) is 64.0 Å². The molecule has 135 heavy (non-hydrogen) atoms. The summed E-state index contributed by atoms with van der Waals surface area (Å²) in [5.41, 5.74) is 16.1. The highest BCUT2D eigenvalue weighted by atomic mass is 32.1. The van der Waals surface area contributed by atoms with Crippen LogP contribution in [0.15, 0.2) is 432 Å². The number of furan rings is 3. The fraction of sp³-hybridized carbons (Fsp3) is 0. The van der Waals surface area contributed by atoms with Crippen LogP contribution in [0.3, 0.4) is 0 Å². The molecule has 0 atom stereocenters. The first-order chi connectivity index (χ1) is 67.1. The second kappa shape index (κ2) is 27.8. The van der Waals surface area contributed by atoms with E-state index < -0.39 is 0 Å². The summed E-state index contributed by atoms with van der Waals surface area (Å²) in [6.45, 7) is 0. The van der Waals surface area contributed by atoms with Crippen LogP contribution in [-0.4, -0.2) is 13.7 Å². The molecule has 0 aliphatic carbocycles. The Bertz CT molecular complexity index is 11100. The number of fused-ring (bicyclic) bond motifs is 54. The molecule has 0 spiro atoms. The summed E-state index contributed by atoms with van der Waals surface area (Å²) in [6, 6.07) is 152. The van der Waals surface area contributed by atoms with Gasteiger partial charge in [-0.25, -0.2) is 0 Å². The van der Waals surface area contributed by atoms with Crippen LogP contribution in [0.2, 0.25) is 0 Å². The van der Waals surface area contributed by atoms with Crippen LogP contribution < -0.4 is 0 Å². The van der Waals surface area contributed by atoms with E-state index in [-0.39, 0.29) is 0 Å². The van der Waals surface area contributed by atoms with Crippen molar-refractivity contribution >= 4 is 323 Å². The lowest BCUT2D eigenvalue weighted by Crippen LogP contribution is -1.95. The summed E-state index contributed by atoms with van der Waals surface area (Å²) in [7, 11) is 0. The van der Waals surface area contributed by atoms with Crippen LogP contribution in [0.1, 0.15) is 0 Å². The topological polar surface area (TPSA) is 54.2 Å². The highest BCUT2D eigenvalue weighted by Gasteiger charge is 2.32. The predicted molar refractivity (Wildman–Crippen MR) is 580 cm³/mol. The van der Waals surface area contributed by atoms with E-state index in [1.54, 1.807) is 0 Å². The van der Waals surface area contributed by atoms with E-state index >= 15 is 0 Å². The molecule has 0 aliphatic heterocycles. The van der Waals surface area contributed by atoms with Gasteiger partial charge in [-0.2, -0.15) is 0 Å². The molecule has 33 aromatic rings. The zero-order valence-electron chi connectivity index (χ0n) is 72.1. The lowest BCUT2D eigenvalue weighted by molar-refractivity contribution is 0.666. The third kappa shape index (κ3) is 10.0. The summed E-state index contributed by atoms with van der Waals surface area (Å²) in [5, 5.41) is 46.1. The van der Waals surface area contributed by atoms with E-state index in [0.29, 0.717) is 0 Å². The van der Waals surface area contributed by atoms with E-state index in [2.05, 4.69) is 414 Å². The summed E-state index contributed by atoms with van der Waals surface area (Å²) in [4.78, 5) is 0. The number of nitrogens with zero attached hydrogens (tertiary/aromatic N) is 3. The number of para-hydroxylation sites is 7. The molecule has 0 fully saturated rings. The average molecular weight is 1770 g/mol. The molecule has 0 radical (unpaired) electrons. The van der Waals surface area contributed by atoms with Crippen LogP contribution in [0, 0.1) is 0 Å². The molecule has 0 N–H and O–H groups in total. The van der Waals surface area contributed by atoms with Crippen molar-refractivity contribution in [1.29, 1.82) is 0 Å². The Balaban J connectivity index is 0.0000000945. The fourth-order valence-electron chi connectivity index (χ4n) is 24.0. The lowest BCUT2D eigenvalue weighted by Gasteiger charge is -2.15. The predicted octanol–water partition coefficient (Wildman–Crippen LogP) is 37.5. The number of benzene rings is 24. The number of hydrogen-bond acceptors (Lipinski definition) is 6. The summed E-state index contributed by atoms with van der Waals surface area (Å²) < 4.78 is 34.9. The third-order valence-corrected chi connectivity index (χ3v) is 32.8. The van der Waals surface area contributed by atoms with Crippen molar-refractivity contribution in [1.82, 2.24) is 13.7 Å². The Hall–Kier alpha value is -16.9. The summed E-state index contributed by atoms with van der Waals surface area (Å²) in [5.74, 6) is 0. The zero-order chi connectivity index (χ0) is 87.7. The fourth-order valence-corrected chi connectivity index (χ4v) is 27.7. The quantitative estimate of drug-likeness (QED) is 0.166. The van der Waals surface area contributed by atoms with Crippen LogP contribution in [-0.2, 0) is 0 Å². The van der Waals surface area contributed by atoms with Crippen molar-refractivity contribution in [3.63, 3.8) is 0 Å². The van der Waals surface area contributed by atoms with Gasteiger partial charge in [0.15, 0.2) is 5.58 Å². The molecule has 0 bridgehead atoms. The molecule has 0 amide bonds. The Morgan fingerprint density at radius 2 is 0.430 bits per heavy atom. The van der Waals surface area contributed by atoms with Crippen molar-refractivity contribution in [2.75, 3.05) is 0 Å². The van der Waals surface area contributed by atoms with Crippen molar-refractivity contribution in [2.24, 2.45) is 0 Å². The van der Waals surface area contributed by atoms with Crippen molar-refractivity contribution in [3.8, 4) is 17.1 Å². The Morgan fingerprint density at radius 3 is 0.859 bits per heavy atom. The number of hydrogen-bond donors (Lipinski definition) is 0. The van der Waals surface area contributed by atoms with E-state index in [9.17, 15) is 0 Å². The van der Waals surface area contributed by atoms with Gasteiger partial charge < -0.3 is 27.0 Å². The molecular formula is C126H69N3O3S3.